The summed E-state index contributed by atoms with van der Waals surface area (Å²) in [4.78, 5) is 41.8. The molecule has 0 radical (unpaired) electrons. The van der Waals surface area contributed by atoms with Crippen LogP contribution in [-0.4, -0.2) is 30.9 Å². The van der Waals surface area contributed by atoms with Gasteiger partial charge in [-0.3, -0.25) is 9.59 Å². The Labute approximate surface area is 230 Å². The second kappa shape index (κ2) is 11.8. The van der Waals surface area contributed by atoms with Crippen LogP contribution in [0.25, 0.3) is 0 Å². The molecule has 0 fully saturated rings. The number of hydrogen-bond acceptors (Lipinski definition) is 7. The number of rotatable bonds is 8. The van der Waals surface area contributed by atoms with E-state index in [0.717, 1.165) is 11.3 Å². The number of ether oxygens (including phenoxy) is 2. The molecule has 37 heavy (non-hydrogen) atoms. The molecule has 196 valence electrons. The van der Waals surface area contributed by atoms with Crippen molar-refractivity contribution >= 4 is 52.3 Å². The first-order valence-electron chi connectivity index (χ1n) is 12.4. The molecular formula is C28H29Cl2NO5S. The first-order valence-corrected chi connectivity index (χ1v) is 14.1. The maximum Gasteiger partial charge on any atom is 0.336 e. The Morgan fingerprint density at radius 2 is 1.84 bits per heavy atom. The zero-order chi connectivity index (χ0) is 26.7. The van der Waals surface area contributed by atoms with E-state index in [1.165, 1.54) is 11.3 Å². The molecule has 2 aliphatic rings. The molecule has 1 aliphatic carbocycles. The number of carbonyl (C=O) groups is 3. The van der Waals surface area contributed by atoms with E-state index in [0.29, 0.717) is 46.0 Å². The number of nitrogens with one attached hydrogen (secondary N) is 1. The van der Waals surface area contributed by atoms with E-state index in [-0.39, 0.29) is 29.9 Å². The van der Waals surface area contributed by atoms with E-state index < -0.39 is 23.8 Å². The molecule has 1 aromatic heterocycles. The molecule has 0 spiro atoms. The van der Waals surface area contributed by atoms with Gasteiger partial charge in [-0.15, -0.1) is 11.3 Å². The lowest BCUT2D eigenvalue weighted by Crippen LogP contribution is -2.43. The smallest absolute Gasteiger partial charge is 0.336 e. The highest BCUT2D eigenvalue weighted by Gasteiger charge is 2.50. The van der Waals surface area contributed by atoms with Gasteiger partial charge in [-0.05, 0) is 49.8 Å². The fourth-order valence-corrected chi connectivity index (χ4v) is 6.45. The topological polar surface area (TPSA) is 81.7 Å². The van der Waals surface area contributed by atoms with Gasteiger partial charge in [0.1, 0.15) is 5.92 Å². The van der Waals surface area contributed by atoms with Gasteiger partial charge in [0.25, 0.3) is 0 Å². The summed E-state index contributed by atoms with van der Waals surface area (Å²) in [6.45, 7) is 5.78. The van der Waals surface area contributed by atoms with Gasteiger partial charge in [-0.1, -0.05) is 54.7 Å². The molecular weight excluding hydrogens is 533 g/mol. The minimum Gasteiger partial charge on any atom is -0.465 e. The van der Waals surface area contributed by atoms with E-state index in [1.807, 2.05) is 24.4 Å². The van der Waals surface area contributed by atoms with Gasteiger partial charge in [0.2, 0.25) is 0 Å². The molecule has 0 bridgehead atoms. The number of allylic oxidation sites excluding steroid dienone is 3. The number of thiophene rings is 1. The normalized spacial score (nSPS) is 21.4. The van der Waals surface area contributed by atoms with Gasteiger partial charge in [0.15, 0.2) is 5.78 Å². The zero-order valence-electron chi connectivity index (χ0n) is 20.9. The van der Waals surface area contributed by atoms with E-state index in [2.05, 4.69) is 5.32 Å². The van der Waals surface area contributed by atoms with Gasteiger partial charge in [-0.2, -0.15) is 0 Å². The summed E-state index contributed by atoms with van der Waals surface area (Å²) in [6.07, 6.45) is 1.74. The van der Waals surface area contributed by atoms with E-state index in [1.54, 1.807) is 32.0 Å². The molecule has 0 unspecified atom stereocenters. The molecule has 1 N–H and O–H groups in total. The molecule has 2 heterocycles. The molecule has 6 nitrogen and oxygen atoms in total. The standard InChI is InChI=1S/C28H29Cl2NO5S/c1-4-9-18-24(28(34)36-6-3)21(15-10-7-11-17(29)25(15)30)23-19(31-18)14-16(20-12-8-13-37-20)22(26(23)32)27(33)35-5-2/h7-8,10-13,16,21-22,31H,4-6,9,14H2,1-3H3/t16-,21-,22-/m0/s1. The molecule has 0 saturated heterocycles. The van der Waals surface area contributed by atoms with Crippen LogP contribution in [0.1, 0.15) is 62.3 Å². The largest absolute Gasteiger partial charge is 0.465 e. The van der Waals surface area contributed by atoms with Crippen molar-refractivity contribution in [3.8, 4) is 0 Å². The van der Waals surface area contributed by atoms with Crippen LogP contribution in [-0.2, 0) is 23.9 Å². The predicted molar refractivity (Wildman–Crippen MR) is 145 cm³/mol. The first-order chi connectivity index (χ1) is 17.8. The predicted octanol–water partition coefficient (Wildman–Crippen LogP) is 6.55. The van der Waals surface area contributed by atoms with Crippen molar-refractivity contribution in [2.75, 3.05) is 13.2 Å². The second-order valence-electron chi connectivity index (χ2n) is 8.88. The van der Waals surface area contributed by atoms with Crippen molar-refractivity contribution in [2.24, 2.45) is 5.92 Å². The third kappa shape index (κ3) is 5.22. The average molecular weight is 563 g/mol. The number of dihydropyridines is 1. The molecule has 1 aliphatic heterocycles. The summed E-state index contributed by atoms with van der Waals surface area (Å²) in [7, 11) is 0. The molecule has 4 rings (SSSR count). The number of Topliss-reactive ketones (excluding diaryl/α,β-unsaturated/α-hetero) is 1. The minimum absolute atomic E-state index is 0.155. The summed E-state index contributed by atoms with van der Waals surface area (Å²) in [5.41, 5.74) is 2.54. The monoisotopic (exact) mass is 561 g/mol. The molecule has 2 aromatic rings. The number of benzene rings is 1. The highest BCUT2D eigenvalue weighted by molar-refractivity contribution is 7.10. The summed E-state index contributed by atoms with van der Waals surface area (Å²) < 4.78 is 10.8. The van der Waals surface area contributed by atoms with Crippen LogP contribution in [0.5, 0.6) is 0 Å². The summed E-state index contributed by atoms with van der Waals surface area (Å²) >= 11 is 14.6. The lowest BCUT2D eigenvalue weighted by atomic mass is 9.68. The van der Waals surface area contributed by atoms with Gasteiger partial charge < -0.3 is 14.8 Å². The zero-order valence-corrected chi connectivity index (χ0v) is 23.3. The van der Waals surface area contributed by atoms with Crippen LogP contribution >= 0.6 is 34.5 Å². The molecule has 0 amide bonds. The second-order valence-corrected chi connectivity index (χ2v) is 10.6. The Balaban J connectivity index is 1.96. The highest BCUT2D eigenvalue weighted by atomic mass is 35.5. The third-order valence-electron chi connectivity index (χ3n) is 6.64. The van der Waals surface area contributed by atoms with Crippen LogP contribution in [0.2, 0.25) is 10.0 Å². The van der Waals surface area contributed by atoms with Gasteiger partial charge >= 0.3 is 11.9 Å². The maximum absolute atomic E-state index is 14.3. The van der Waals surface area contributed by atoms with Crippen molar-refractivity contribution in [1.29, 1.82) is 0 Å². The van der Waals surface area contributed by atoms with E-state index >= 15 is 0 Å². The summed E-state index contributed by atoms with van der Waals surface area (Å²) in [5.74, 6) is -3.77. The van der Waals surface area contributed by atoms with Crippen LogP contribution in [0.4, 0.5) is 0 Å². The van der Waals surface area contributed by atoms with Crippen molar-refractivity contribution in [3.63, 3.8) is 0 Å². The number of carbonyl (C=O) groups excluding carboxylic acids is 3. The van der Waals surface area contributed by atoms with Crippen molar-refractivity contribution < 1.29 is 23.9 Å². The Morgan fingerprint density at radius 1 is 1.08 bits per heavy atom. The van der Waals surface area contributed by atoms with Gasteiger partial charge in [0.05, 0.1) is 28.8 Å². The number of hydrogen-bond donors (Lipinski definition) is 1. The lowest BCUT2D eigenvalue weighted by Gasteiger charge is -2.39. The Bertz CT molecular complexity index is 1270. The van der Waals surface area contributed by atoms with Crippen molar-refractivity contribution in [1.82, 2.24) is 5.32 Å². The number of esters is 2. The Kier molecular flexibility index (Phi) is 8.78. The van der Waals surface area contributed by atoms with E-state index in [4.69, 9.17) is 32.7 Å². The maximum atomic E-state index is 14.3. The third-order valence-corrected chi connectivity index (χ3v) is 8.48. The molecule has 3 atom stereocenters. The average Bonchev–Trinajstić information content (AvgIpc) is 3.40. The van der Waals surface area contributed by atoms with Crippen molar-refractivity contribution in [3.05, 3.63) is 78.7 Å². The van der Waals surface area contributed by atoms with Crippen LogP contribution in [0, 0.1) is 5.92 Å². The van der Waals surface area contributed by atoms with Crippen LogP contribution < -0.4 is 5.32 Å². The number of ketones is 1. The molecule has 1 aromatic carbocycles. The summed E-state index contributed by atoms with van der Waals surface area (Å²) in [5, 5.41) is 5.89. The van der Waals surface area contributed by atoms with Gasteiger partial charge in [-0.25, -0.2) is 4.79 Å². The fourth-order valence-electron chi connectivity index (χ4n) is 5.17. The molecule has 9 heteroatoms. The first kappa shape index (κ1) is 27.4. The quantitative estimate of drug-likeness (QED) is 0.290. The summed E-state index contributed by atoms with van der Waals surface area (Å²) in [6, 6.07) is 8.98. The molecule has 0 saturated carbocycles. The van der Waals surface area contributed by atoms with E-state index in [9.17, 15) is 14.4 Å². The number of halogens is 2. The Hall–Kier alpha value is -2.61. The lowest BCUT2D eigenvalue weighted by molar-refractivity contribution is -0.152. The highest BCUT2D eigenvalue weighted by Crippen LogP contribution is 2.50. The van der Waals surface area contributed by atoms with Crippen LogP contribution in [0.3, 0.4) is 0 Å². The van der Waals surface area contributed by atoms with Gasteiger partial charge in [0, 0.05) is 33.7 Å². The Morgan fingerprint density at radius 3 is 2.49 bits per heavy atom. The van der Waals surface area contributed by atoms with Crippen molar-refractivity contribution in [2.45, 2.75) is 51.9 Å². The van der Waals surface area contributed by atoms with Crippen LogP contribution in [0.15, 0.2) is 58.3 Å². The SMILES string of the molecule is CCCC1=C(C(=O)OCC)[C@@H](c2cccc(Cl)c2Cl)C2=C(C[C@@H](c3cccs3)[C@H](C(=O)OCC)C2=O)N1. The minimum atomic E-state index is -1.05. The fraction of sp³-hybridized carbons (Fsp3) is 0.393.